The molecule has 22 heteroatoms. The molecule has 0 radical (unpaired) electrons. The Bertz CT molecular complexity index is 1980. The van der Waals surface area contributed by atoms with E-state index in [1.165, 1.54) is 12.1 Å². The van der Waals surface area contributed by atoms with Crippen molar-refractivity contribution in [2.75, 3.05) is 19.6 Å². The number of hydrogen-bond donors (Lipinski definition) is 13. The average molecular weight is 951 g/mol. The summed E-state index contributed by atoms with van der Waals surface area (Å²) in [6.07, 6.45) is 2.97. The topological polar surface area (TPSA) is 393 Å². The molecule has 0 aliphatic carbocycles. The summed E-state index contributed by atoms with van der Waals surface area (Å²) in [6, 6.07) is 7.55. The molecule has 22 nitrogen and oxygen atoms in total. The Kier molecular flexibility index (Phi) is 26.1. The number of hydrogen-bond acceptors (Lipinski definition) is 11. The third-order valence-corrected chi connectivity index (χ3v) is 11.0. The normalized spacial score (nSPS) is 13.9. The number of aliphatic imine (C=N–C) groups is 2. The Balaban J connectivity index is 2.56. The van der Waals surface area contributed by atoms with E-state index in [1.54, 1.807) is 49.4 Å². The zero-order valence-corrected chi connectivity index (χ0v) is 39.5. The van der Waals surface area contributed by atoms with Crippen LogP contribution in [0.25, 0.3) is 0 Å². The molecule has 0 aliphatic rings. The van der Waals surface area contributed by atoms with Crippen LogP contribution in [-0.4, -0.2) is 114 Å². The molecule has 0 unspecified atom stereocenters. The predicted molar refractivity (Wildman–Crippen MR) is 260 cm³/mol. The minimum atomic E-state index is -1.38. The van der Waals surface area contributed by atoms with Gasteiger partial charge in [0.2, 0.25) is 41.4 Å². The zero-order valence-electron chi connectivity index (χ0n) is 39.5. The van der Waals surface area contributed by atoms with Gasteiger partial charge < -0.3 is 71.4 Å². The Hall–Kier alpha value is -6.97. The van der Waals surface area contributed by atoms with E-state index in [-0.39, 0.29) is 81.6 Å². The first-order chi connectivity index (χ1) is 32.4. The number of aromatic hydroxyl groups is 1. The summed E-state index contributed by atoms with van der Waals surface area (Å²) >= 11 is 0. The first kappa shape index (κ1) is 57.2. The van der Waals surface area contributed by atoms with Gasteiger partial charge in [-0.1, -0.05) is 69.7 Å². The maximum Gasteiger partial charge on any atom is 0.243 e. The van der Waals surface area contributed by atoms with Crippen molar-refractivity contribution in [3.05, 3.63) is 65.7 Å². The molecule has 376 valence electrons. The van der Waals surface area contributed by atoms with Crippen LogP contribution in [-0.2, 0) is 46.4 Å². The summed E-state index contributed by atoms with van der Waals surface area (Å²) in [4.78, 5) is 104. The van der Waals surface area contributed by atoms with Crippen LogP contribution < -0.4 is 66.3 Å². The molecule has 0 fully saturated rings. The number of primary amides is 1. The second kappa shape index (κ2) is 31.1. The van der Waals surface area contributed by atoms with E-state index in [1.807, 2.05) is 13.8 Å². The van der Waals surface area contributed by atoms with Crippen LogP contribution in [0.3, 0.4) is 0 Å². The van der Waals surface area contributed by atoms with Gasteiger partial charge in [-0.2, -0.15) is 0 Å². The number of guanidine groups is 2. The summed E-state index contributed by atoms with van der Waals surface area (Å²) in [5.74, 6) is -5.56. The Morgan fingerprint density at radius 2 is 1.01 bits per heavy atom. The van der Waals surface area contributed by atoms with E-state index < -0.39 is 77.6 Å². The molecule has 0 aliphatic heterocycles. The number of unbranched alkanes of at least 4 members (excludes halogenated alkanes) is 1. The highest BCUT2D eigenvalue weighted by Gasteiger charge is 2.35. The van der Waals surface area contributed by atoms with Crippen LogP contribution >= 0.6 is 0 Å². The van der Waals surface area contributed by atoms with E-state index in [0.717, 1.165) is 0 Å². The van der Waals surface area contributed by atoms with E-state index in [2.05, 4.69) is 41.9 Å². The number of phenols is 1. The maximum absolute atomic E-state index is 14.5. The number of rotatable bonds is 32. The molecule has 0 saturated carbocycles. The number of carbonyl (C=O) groups excluding carboxylic acids is 7. The second-order valence-corrected chi connectivity index (χ2v) is 16.6. The first-order valence-corrected chi connectivity index (χ1v) is 23.1. The summed E-state index contributed by atoms with van der Waals surface area (Å²) in [5, 5.41) is 26.5. The Morgan fingerprint density at radius 3 is 1.50 bits per heavy atom. The van der Waals surface area contributed by atoms with Crippen LogP contribution in [0.1, 0.15) is 96.1 Å². The molecule has 7 amide bonds. The number of nitrogens with two attached hydrogens (primary N) is 6. The van der Waals surface area contributed by atoms with Crippen LogP contribution in [0.5, 0.6) is 5.75 Å². The maximum atomic E-state index is 14.5. The molecule has 0 aromatic heterocycles. The van der Waals surface area contributed by atoms with E-state index in [4.69, 9.17) is 34.4 Å². The zero-order chi connectivity index (χ0) is 50.6. The molecule has 7 atom stereocenters. The van der Waals surface area contributed by atoms with Gasteiger partial charge in [-0.3, -0.25) is 43.5 Å². The minimum Gasteiger partial charge on any atom is -0.508 e. The van der Waals surface area contributed by atoms with Crippen LogP contribution in [0.2, 0.25) is 0 Å². The van der Waals surface area contributed by atoms with Crippen molar-refractivity contribution in [2.24, 2.45) is 50.3 Å². The van der Waals surface area contributed by atoms with Gasteiger partial charge in [0, 0.05) is 32.4 Å². The largest absolute Gasteiger partial charge is 0.508 e. The molecule has 68 heavy (non-hydrogen) atoms. The summed E-state index contributed by atoms with van der Waals surface area (Å²) in [5.41, 5.74) is 34.4. The molecule has 0 spiro atoms. The summed E-state index contributed by atoms with van der Waals surface area (Å²) in [7, 11) is 0. The first-order valence-electron chi connectivity index (χ1n) is 23.1. The molecular weight excluding hydrogens is 877 g/mol. The van der Waals surface area contributed by atoms with E-state index in [9.17, 15) is 38.7 Å². The predicted octanol–water partition coefficient (Wildman–Crippen LogP) is -1.35. The van der Waals surface area contributed by atoms with Crippen molar-refractivity contribution < 1.29 is 38.7 Å². The number of carbonyl (C=O) groups is 7. The lowest BCUT2D eigenvalue weighted by molar-refractivity contribution is -0.136. The van der Waals surface area contributed by atoms with Gasteiger partial charge >= 0.3 is 0 Å². The molecule has 0 bridgehead atoms. The third-order valence-electron chi connectivity index (χ3n) is 11.0. The second-order valence-electron chi connectivity index (χ2n) is 16.6. The van der Waals surface area contributed by atoms with Gasteiger partial charge in [0.15, 0.2) is 11.9 Å². The van der Waals surface area contributed by atoms with Gasteiger partial charge in [-0.15, -0.1) is 0 Å². The van der Waals surface area contributed by atoms with Crippen LogP contribution in [0.4, 0.5) is 0 Å². The highest BCUT2D eigenvalue weighted by molar-refractivity contribution is 5.97. The molecule has 0 saturated heterocycles. The highest BCUT2D eigenvalue weighted by atomic mass is 16.3. The number of phenolic OH excluding ortho intramolecular Hbond substituents is 1. The van der Waals surface area contributed by atoms with Crippen molar-refractivity contribution >= 4 is 53.3 Å². The smallest absolute Gasteiger partial charge is 0.243 e. The number of nitrogens with zero attached hydrogens (tertiary/aromatic N) is 2. The van der Waals surface area contributed by atoms with Gasteiger partial charge in [-0.05, 0) is 87.1 Å². The Labute approximate surface area is 398 Å². The number of amides is 7. The van der Waals surface area contributed by atoms with Gasteiger partial charge in [0.1, 0.15) is 42.0 Å². The van der Waals surface area contributed by atoms with E-state index in [0.29, 0.717) is 49.8 Å². The van der Waals surface area contributed by atoms with Crippen molar-refractivity contribution in [3.8, 4) is 5.75 Å². The van der Waals surface area contributed by atoms with Gasteiger partial charge in [0.25, 0.3) is 0 Å². The van der Waals surface area contributed by atoms with Gasteiger partial charge in [0.05, 0.1) is 0 Å². The Morgan fingerprint density at radius 1 is 0.559 bits per heavy atom. The van der Waals surface area contributed by atoms with Crippen LogP contribution in [0.15, 0.2) is 64.6 Å². The van der Waals surface area contributed by atoms with Crippen molar-refractivity contribution in [2.45, 2.75) is 134 Å². The summed E-state index contributed by atoms with van der Waals surface area (Å²) < 4.78 is 0. The fraction of sp³-hybridized carbons (Fsp3) is 0.543. The van der Waals surface area contributed by atoms with E-state index >= 15 is 0 Å². The van der Waals surface area contributed by atoms with Crippen molar-refractivity contribution in [1.29, 1.82) is 0 Å². The van der Waals surface area contributed by atoms with Crippen molar-refractivity contribution in [3.63, 3.8) is 0 Å². The lowest BCUT2D eigenvalue weighted by atomic mass is 9.96. The molecule has 2 aromatic rings. The lowest BCUT2D eigenvalue weighted by Crippen LogP contribution is -2.61. The SMILES string of the molecule is CCCC(=O)N[C@@H](CCCN=C(N)N)C(=O)N[C@@H](Cc1ccccc1)C(=O)N[C@@H](Cc1ccc(O)cc1)C(=O)N[C@@H](CCCN=C(N)N)C(=O)N[C@H](C(=O)N[C@@H](CCCCN)C(N)=O)[C@@H](C)CC. The van der Waals surface area contributed by atoms with Crippen LogP contribution in [0, 0.1) is 5.92 Å². The molecule has 0 heterocycles. The minimum absolute atomic E-state index is 0.0197. The molecular formula is C46H74N14O8. The summed E-state index contributed by atoms with van der Waals surface area (Å²) in [6.45, 7) is 6.03. The fourth-order valence-electron chi connectivity index (χ4n) is 6.99. The highest BCUT2D eigenvalue weighted by Crippen LogP contribution is 2.15. The monoisotopic (exact) mass is 951 g/mol. The molecule has 2 rings (SSSR count). The van der Waals surface area contributed by atoms with Gasteiger partial charge in [-0.25, -0.2) is 0 Å². The van der Waals surface area contributed by atoms with Crippen molar-refractivity contribution in [1.82, 2.24) is 31.9 Å². The number of benzene rings is 2. The quantitative estimate of drug-likeness (QED) is 0.0230. The number of nitrogens with one attached hydrogen (secondary N) is 6. The fourth-order valence-corrected chi connectivity index (χ4v) is 6.99. The standard InChI is InChI=1S/C46H74N14O8/c1-4-13-37(62)55-33(17-11-24-53-45(49)50)40(64)58-35(26-29-14-7-6-8-15-29)43(67)59-36(27-30-19-21-31(61)22-20-30)42(66)57-34(18-12-25-54-46(51)52)41(65)60-38(28(3)5-2)44(68)56-32(39(48)63)16-9-10-23-47/h6-8,14-15,19-22,28,32-36,38,61H,4-5,9-13,16-18,23-27,47H2,1-3H3,(H2,48,63)(H,55,62)(H,56,68)(H,57,66)(H,58,64)(H,59,67)(H,60,65)(H4,49,50,53)(H4,51,52,54)/t28-,32-,33-,34-,35-,36-,38-/m0/s1. The lowest BCUT2D eigenvalue weighted by Gasteiger charge is -2.29. The average Bonchev–Trinajstić information content (AvgIpc) is 3.29. The molecule has 19 N–H and O–H groups in total. The third kappa shape index (κ3) is 22.0. The molecule has 2 aromatic carbocycles.